The van der Waals surface area contributed by atoms with E-state index in [0.717, 1.165) is 0 Å². The summed E-state index contributed by atoms with van der Waals surface area (Å²) in [5, 5.41) is 42.3. The molecule has 10 nitrogen and oxygen atoms in total. The van der Waals surface area contributed by atoms with Crippen molar-refractivity contribution in [2.75, 3.05) is 6.61 Å². The molecule has 0 aromatic heterocycles. The number of nitrogens with zero attached hydrogens (tertiary/aromatic N) is 1. The molecule has 0 aliphatic carbocycles. The van der Waals surface area contributed by atoms with Gasteiger partial charge in [0, 0.05) is 19.1 Å². The van der Waals surface area contributed by atoms with Gasteiger partial charge in [0.25, 0.3) is 5.69 Å². The van der Waals surface area contributed by atoms with E-state index in [9.17, 15) is 30.2 Å². The maximum atomic E-state index is 11.3. The van der Waals surface area contributed by atoms with Crippen molar-refractivity contribution in [3.05, 3.63) is 34.4 Å². The Labute approximate surface area is 136 Å². The van der Waals surface area contributed by atoms with Crippen LogP contribution in [0.5, 0.6) is 5.75 Å². The molecule has 1 aliphatic heterocycles. The predicted octanol–water partition coefficient (Wildman–Crippen LogP) is -1.08. The molecular weight excluding hydrogens is 324 g/mol. The molecule has 0 unspecified atom stereocenters. The monoisotopic (exact) mass is 342 g/mol. The average Bonchev–Trinajstić information content (AvgIpc) is 2.54. The first-order valence-electron chi connectivity index (χ1n) is 7.14. The third-order valence-corrected chi connectivity index (χ3v) is 3.55. The number of benzene rings is 1. The van der Waals surface area contributed by atoms with Crippen LogP contribution in [-0.4, -0.2) is 63.4 Å². The average molecular weight is 342 g/mol. The highest BCUT2D eigenvalue weighted by Gasteiger charge is 2.46. The van der Waals surface area contributed by atoms with E-state index in [2.05, 4.69) is 5.32 Å². The van der Waals surface area contributed by atoms with Gasteiger partial charge in [0.1, 0.15) is 30.1 Å². The normalized spacial score (nSPS) is 29.8. The van der Waals surface area contributed by atoms with E-state index in [4.69, 9.17) is 9.47 Å². The molecule has 2 rings (SSSR count). The highest BCUT2D eigenvalue weighted by Crippen LogP contribution is 2.25. The fraction of sp³-hybridized carbons (Fsp3) is 0.500. The molecule has 0 bridgehead atoms. The fourth-order valence-corrected chi connectivity index (χ4v) is 2.35. The zero-order valence-electron chi connectivity index (χ0n) is 12.7. The van der Waals surface area contributed by atoms with E-state index in [-0.39, 0.29) is 11.4 Å². The minimum atomic E-state index is -1.43. The van der Waals surface area contributed by atoms with Crippen LogP contribution >= 0.6 is 0 Å². The second-order valence-corrected chi connectivity index (χ2v) is 5.30. The van der Waals surface area contributed by atoms with Gasteiger partial charge in [-0.15, -0.1) is 0 Å². The first-order chi connectivity index (χ1) is 11.3. The molecule has 1 saturated heterocycles. The largest absolute Gasteiger partial charge is 0.463 e. The SMILES string of the molecule is CC(=O)N[C@H]1[C@H](Oc2ccc([N+](=O)[O-])cc2)O[C@@H](CO)[C@H](O)[C@H]1O. The van der Waals surface area contributed by atoms with E-state index in [1.807, 2.05) is 0 Å². The number of ether oxygens (including phenoxy) is 2. The molecule has 0 spiro atoms. The lowest BCUT2D eigenvalue weighted by molar-refractivity contribution is -0.384. The Balaban J connectivity index is 2.19. The lowest BCUT2D eigenvalue weighted by Crippen LogP contribution is -2.65. The van der Waals surface area contributed by atoms with Crippen LogP contribution in [0.4, 0.5) is 5.69 Å². The molecule has 1 aliphatic rings. The molecule has 1 aromatic rings. The standard InChI is InChI=1S/C14H18N2O8/c1-7(18)15-11-13(20)12(19)10(6-17)24-14(11)23-9-4-2-8(3-5-9)16(21)22/h2-5,10-14,17,19-20H,6H2,1H3,(H,15,18)/t10-,11+,12-,13-,14+/m0/s1. The smallest absolute Gasteiger partial charge is 0.269 e. The summed E-state index contributed by atoms with van der Waals surface area (Å²) in [4.78, 5) is 21.4. The zero-order chi connectivity index (χ0) is 17.9. The van der Waals surface area contributed by atoms with Crippen LogP contribution in [0.25, 0.3) is 0 Å². The van der Waals surface area contributed by atoms with Crippen molar-refractivity contribution in [2.45, 2.75) is 37.6 Å². The highest BCUT2D eigenvalue weighted by molar-refractivity contribution is 5.73. The van der Waals surface area contributed by atoms with Gasteiger partial charge in [0.15, 0.2) is 0 Å². The van der Waals surface area contributed by atoms with Gasteiger partial charge in [-0.25, -0.2) is 0 Å². The fourth-order valence-electron chi connectivity index (χ4n) is 2.35. The third-order valence-electron chi connectivity index (χ3n) is 3.55. The number of aliphatic hydroxyl groups is 3. The van der Waals surface area contributed by atoms with Crippen molar-refractivity contribution >= 4 is 11.6 Å². The number of carbonyl (C=O) groups excluding carboxylic acids is 1. The number of hydrogen-bond acceptors (Lipinski definition) is 8. The minimum Gasteiger partial charge on any atom is -0.463 e. The van der Waals surface area contributed by atoms with Gasteiger partial charge in [-0.2, -0.15) is 0 Å². The molecular formula is C14H18N2O8. The van der Waals surface area contributed by atoms with Crippen LogP contribution in [-0.2, 0) is 9.53 Å². The summed E-state index contributed by atoms with van der Waals surface area (Å²) in [6, 6.07) is 4.02. The van der Waals surface area contributed by atoms with E-state index in [1.165, 1.54) is 31.2 Å². The van der Waals surface area contributed by atoms with Crippen LogP contribution in [0.3, 0.4) is 0 Å². The summed E-state index contributed by atoms with van der Waals surface area (Å²) in [6.45, 7) is 0.658. The lowest BCUT2D eigenvalue weighted by Gasteiger charge is -2.42. The molecule has 1 amide bonds. The topological polar surface area (TPSA) is 151 Å². The molecule has 5 atom stereocenters. The molecule has 1 aromatic carbocycles. The number of nitrogens with one attached hydrogen (secondary N) is 1. The van der Waals surface area contributed by atoms with Crippen LogP contribution in [0.2, 0.25) is 0 Å². The number of hydrogen-bond donors (Lipinski definition) is 4. The number of nitro groups is 1. The number of aliphatic hydroxyl groups excluding tert-OH is 3. The Morgan fingerprint density at radius 1 is 1.33 bits per heavy atom. The van der Waals surface area contributed by atoms with E-state index in [0.29, 0.717) is 0 Å². The first-order valence-corrected chi connectivity index (χ1v) is 7.14. The maximum Gasteiger partial charge on any atom is 0.269 e. The van der Waals surface area contributed by atoms with Crippen molar-refractivity contribution < 1.29 is 34.5 Å². The maximum absolute atomic E-state index is 11.3. The summed E-state index contributed by atoms with van der Waals surface area (Å²) >= 11 is 0. The molecule has 10 heteroatoms. The quantitative estimate of drug-likeness (QED) is 0.389. The Bertz CT molecular complexity index is 593. The second-order valence-electron chi connectivity index (χ2n) is 5.30. The van der Waals surface area contributed by atoms with Gasteiger partial charge >= 0.3 is 0 Å². The van der Waals surface area contributed by atoms with Crippen LogP contribution in [0.15, 0.2) is 24.3 Å². The van der Waals surface area contributed by atoms with E-state index in [1.54, 1.807) is 0 Å². The Kier molecular flexibility index (Phi) is 5.67. The van der Waals surface area contributed by atoms with Gasteiger partial charge in [0.2, 0.25) is 12.2 Å². The number of non-ortho nitro benzene ring substituents is 1. The van der Waals surface area contributed by atoms with Crippen molar-refractivity contribution in [1.29, 1.82) is 0 Å². The van der Waals surface area contributed by atoms with Crippen LogP contribution in [0.1, 0.15) is 6.92 Å². The van der Waals surface area contributed by atoms with Crippen LogP contribution < -0.4 is 10.1 Å². The molecule has 4 N–H and O–H groups in total. The zero-order valence-corrected chi connectivity index (χ0v) is 12.7. The number of nitro benzene ring substituents is 1. The van der Waals surface area contributed by atoms with Gasteiger partial charge < -0.3 is 30.1 Å². The summed E-state index contributed by atoms with van der Waals surface area (Å²) < 4.78 is 10.9. The van der Waals surface area contributed by atoms with Crippen molar-refractivity contribution in [2.24, 2.45) is 0 Å². The summed E-state index contributed by atoms with van der Waals surface area (Å²) in [5.74, 6) is -0.282. The number of rotatable bonds is 5. The Morgan fingerprint density at radius 2 is 1.96 bits per heavy atom. The molecule has 24 heavy (non-hydrogen) atoms. The third kappa shape index (κ3) is 3.97. The predicted molar refractivity (Wildman–Crippen MR) is 79.1 cm³/mol. The molecule has 0 radical (unpaired) electrons. The molecule has 1 heterocycles. The second kappa shape index (κ2) is 7.53. The Morgan fingerprint density at radius 3 is 2.46 bits per heavy atom. The lowest BCUT2D eigenvalue weighted by atomic mass is 9.97. The Hall–Kier alpha value is -2.27. The molecule has 0 saturated carbocycles. The van der Waals surface area contributed by atoms with Gasteiger partial charge in [-0.1, -0.05) is 0 Å². The highest BCUT2D eigenvalue weighted by atomic mass is 16.7. The number of amides is 1. The van der Waals surface area contributed by atoms with Crippen molar-refractivity contribution in [3.63, 3.8) is 0 Å². The van der Waals surface area contributed by atoms with Gasteiger partial charge in [-0.3, -0.25) is 14.9 Å². The van der Waals surface area contributed by atoms with Crippen LogP contribution in [0, 0.1) is 10.1 Å². The van der Waals surface area contributed by atoms with Crippen molar-refractivity contribution in [3.8, 4) is 5.75 Å². The molecule has 132 valence electrons. The summed E-state index contributed by atoms with van der Waals surface area (Å²) in [5.41, 5.74) is -0.131. The van der Waals surface area contributed by atoms with Gasteiger partial charge in [0.05, 0.1) is 11.5 Å². The molecule has 1 fully saturated rings. The van der Waals surface area contributed by atoms with Crippen molar-refractivity contribution in [1.82, 2.24) is 5.32 Å². The summed E-state index contributed by atoms with van der Waals surface area (Å²) in [6.07, 6.45) is -5.15. The summed E-state index contributed by atoms with van der Waals surface area (Å²) in [7, 11) is 0. The first kappa shape index (κ1) is 18.1. The number of carbonyl (C=O) groups is 1. The minimum absolute atomic E-state index is 0.131. The van der Waals surface area contributed by atoms with E-state index < -0.39 is 48.1 Å². The van der Waals surface area contributed by atoms with E-state index >= 15 is 0 Å². The van der Waals surface area contributed by atoms with Gasteiger partial charge in [-0.05, 0) is 12.1 Å².